The lowest BCUT2D eigenvalue weighted by atomic mass is 10.2. The average molecular weight is 617 g/mol. The van der Waals surface area contributed by atoms with Gasteiger partial charge in [-0.1, -0.05) is 15.9 Å². The highest BCUT2D eigenvalue weighted by Gasteiger charge is 2.20. The quantitative estimate of drug-likeness (QED) is 0.151. The van der Waals surface area contributed by atoms with Crippen LogP contribution < -0.4 is 10.3 Å². The van der Waals surface area contributed by atoms with Crippen LogP contribution in [-0.2, 0) is 6.61 Å². The molecule has 0 N–H and O–H groups in total. The van der Waals surface area contributed by atoms with Crippen LogP contribution in [0, 0.1) is 27.2 Å². The number of ether oxygens (including phenoxy) is 1. The van der Waals surface area contributed by atoms with Gasteiger partial charge in [-0.05, 0) is 64.8 Å². The Labute approximate surface area is 219 Å². The first-order valence-corrected chi connectivity index (χ1v) is 11.8. The molecule has 0 saturated heterocycles. The summed E-state index contributed by atoms with van der Waals surface area (Å²) in [5, 5.41) is 27.1. The van der Waals surface area contributed by atoms with Gasteiger partial charge in [0.05, 0.1) is 31.4 Å². The average Bonchev–Trinajstić information content (AvgIpc) is 2.83. The summed E-state index contributed by atoms with van der Waals surface area (Å²) in [6.45, 7) is 1.59. The molecule has 0 aliphatic rings. The van der Waals surface area contributed by atoms with Gasteiger partial charge in [0.2, 0.25) is 5.75 Å². The van der Waals surface area contributed by atoms with Crippen LogP contribution in [-0.4, -0.2) is 25.7 Å². The van der Waals surface area contributed by atoms with Crippen LogP contribution in [0.3, 0.4) is 0 Å². The number of hydrogen-bond donors (Lipinski definition) is 0. The Bertz CT molecular complexity index is 1600. The van der Waals surface area contributed by atoms with Gasteiger partial charge >= 0.3 is 5.69 Å². The van der Waals surface area contributed by atoms with Crippen molar-refractivity contribution >= 4 is 60.4 Å². The molecule has 0 saturated carbocycles. The molecular weight excluding hydrogens is 602 g/mol. The lowest BCUT2D eigenvalue weighted by molar-refractivity contribution is -0.386. The maximum absolute atomic E-state index is 12.9. The number of hydrogen-bond acceptors (Lipinski definition) is 8. The number of nitro benzene ring substituents is 2. The Balaban J connectivity index is 1.64. The molecule has 0 fully saturated rings. The molecule has 13 heteroatoms. The van der Waals surface area contributed by atoms with E-state index in [1.54, 1.807) is 31.2 Å². The Hall–Kier alpha value is -3.97. The van der Waals surface area contributed by atoms with E-state index in [-0.39, 0.29) is 29.3 Å². The standard InChI is InChI=1S/C23H15Br2N5O6/c1-13-27-20-7-4-16(24)10-18(20)23(31)28(13)26-11-15-8-19(25)22(21(9-15)30(34)35)36-12-14-2-5-17(6-3-14)29(32)33/h2-11H,12H2,1H3. The van der Waals surface area contributed by atoms with Crippen molar-refractivity contribution in [2.45, 2.75) is 13.5 Å². The van der Waals surface area contributed by atoms with Gasteiger partial charge in [0.15, 0.2) is 0 Å². The monoisotopic (exact) mass is 615 g/mol. The van der Waals surface area contributed by atoms with E-state index in [0.29, 0.717) is 32.3 Å². The van der Waals surface area contributed by atoms with E-state index in [1.807, 2.05) is 0 Å². The van der Waals surface area contributed by atoms with Gasteiger partial charge in [-0.15, -0.1) is 0 Å². The lowest BCUT2D eigenvalue weighted by Crippen LogP contribution is -2.20. The van der Waals surface area contributed by atoms with E-state index in [0.717, 1.165) is 9.15 Å². The van der Waals surface area contributed by atoms with Crippen LogP contribution >= 0.6 is 31.9 Å². The van der Waals surface area contributed by atoms with E-state index in [4.69, 9.17) is 4.74 Å². The lowest BCUT2D eigenvalue weighted by Gasteiger charge is -2.10. The van der Waals surface area contributed by atoms with Crippen molar-refractivity contribution in [2.24, 2.45) is 5.10 Å². The Morgan fingerprint density at radius 2 is 1.78 bits per heavy atom. The molecule has 36 heavy (non-hydrogen) atoms. The number of nitro groups is 2. The van der Waals surface area contributed by atoms with Crippen LogP contribution in [0.15, 0.2) is 73.4 Å². The maximum atomic E-state index is 12.9. The smallest absolute Gasteiger partial charge is 0.312 e. The van der Waals surface area contributed by atoms with Crippen molar-refractivity contribution in [2.75, 3.05) is 0 Å². The Morgan fingerprint density at radius 1 is 1.06 bits per heavy atom. The van der Waals surface area contributed by atoms with Gasteiger partial charge in [-0.25, -0.2) is 4.98 Å². The maximum Gasteiger partial charge on any atom is 0.312 e. The summed E-state index contributed by atoms with van der Waals surface area (Å²) >= 11 is 6.64. The van der Waals surface area contributed by atoms with Crippen molar-refractivity contribution in [1.29, 1.82) is 0 Å². The number of benzene rings is 3. The summed E-state index contributed by atoms with van der Waals surface area (Å²) in [6.07, 6.45) is 1.32. The largest absolute Gasteiger partial charge is 0.481 e. The van der Waals surface area contributed by atoms with Gasteiger partial charge in [-0.2, -0.15) is 9.78 Å². The normalized spacial score (nSPS) is 11.2. The van der Waals surface area contributed by atoms with Crippen LogP contribution in [0.4, 0.5) is 11.4 Å². The molecule has 1 heterocycles. The molecule has 0 radical (unpaired) electrons. The molecule has 182 valence electrons. The molecule has 0 atom stereocenters. The number of aryl methyl sites for hydroxylation is 1. The summed E-state index contributed by atoms with van der Waals surface area (Å²) in [5.74, 6) is 0.337. The minimum absolute atomic E-state index is 0.0129. The number of rotatable bonds is 7. The van der Waals surface area contributed by atoms with Crippen molar-refractivity contribution in [1.82, 2.24) is 9.66 Å². The van der Waals surface area contributed by atoms with Crippen molar-refractivity contribution in [3.05, 3.63) is 111 Å². The SMILES string of the molecule is Cc1nc2ccc(Br)cc2c(=O)n1N=Cc1cc(Br)c(OCc2ccc([N+](=O)[O-])cc2)c([N+](=O)[O-])c1. The number of fused-ring (bicyclic) bond motifs is 1. The van der Waals surface area contributed by atoms with Crippen LogP contribution in [0.2, 0.25) is 0 Å². The van der Waals surface area contributed by atoms with E-state index in [9.17, 15) is 25.0 Å². The predicted molar refractivity (Wildman–Crippen MR) is 140 cm³/mol. The summed E-state index contributed by atoms with van der Waals surface area (Å²) in [4.78, 5) is 38.7. The first-order valence-electron chi connectivity index (χ1n) is 10.2. The zero-order valence-electron chi connectivity index (χ0n) is 18.4. The fourth-order valence-electron chi connectivity index (χ4n) is 3.34. The molecule has 4 rings (SSSR count). The third kappa shape index (κ3) is 5.31. The number of aromatic nitrogens is 2. The first-order chi connectivity index (χ1) is 17.1. The molecule has 0 bridgehead atoms. The van der Waals surface area contributed by atoms with E-state index < -0.39 is 9.85 Å². The van der Waals surface area contributed by atoms with Crippen molar-refractivity contribution in [3.8, 4) is 5.75 Å². The van der Waals surface area contributed by atoms with Crippen LogP contribution in [0.5, 0.6) is 5.75 Å². The fourth-order valence-corrected chi connectivity index (χ4v) is 4.28. The summed E-state index contributed by atoms with van der Waals surface area (Å²) < 4.78 is 7.79. The summed E-state index contributed by atoms with van der Waals surface area (Å²) in [5.41, 5.74) is 0.692. The number of nitrogens with zero attached hydrogens (tertiary/aromatic N) is 5. The molecule has 0 unspecified atom stereocenters. The summed E-state index contributed by atoms with van der Waals surface area (Å²) in [7, 11) is 0. The molecule has 0 aliphatic carbocycles. The predicted octanol–water partition coefficient (Wildman–Crippen LogP) is 5.51. The van der Waals surface area contributed by atoms with Gasteiger partial charge < -0.3 is 4.74 Å². The molecule has 1 aromatic heterocycles. The fraction of sp³-hybridized carbons (Fsp3) is 0.0870. The molecule has 3 aromatic carbocycles. The highest BCUT2D eigenvalue weighted by atomic mass is 79.9. The van der Waals surface area contributed by atoms with Crippen LogP contribution in [0.1, 0.15) is 17.0 Å². The highest BCUT2D eigenvalue weighted by Crippen LogP contribution is 2.36. The highest BCUT2D eigenvalue weighted by molar-refractivity contribution is 9.10. The molecule has 4 aromatic rings. The molecule has 0 spiro atoms. The van der Waals surface area contributed by atoms with E-state index in [2.05, 4.69) is 41.9 Å². The second kappa shape index (κ2) is 10.3. The Kier molecular flexibility index (Phi) is 7.22. The minimum atomic E-state index is -0.597. The van der Waals surface area contributed by atoms with Gasteiger partial charge in [0, 0.05) is 28.2 Å². The number of non-ortho nitro benzene ring substituents is 1. The zero-order valence-corrected chi connectivity index (χ0v) is 21.6. The molecular formula is C23H15Br2N5O6. The van der Waals surface area contributed by atoms with E-state index >= 15 is 0 Å². The van der Waals surface area contributed by atoms with Crippen LogP contribution in [0.25, 0.3) is 10.9 Å². The van der Waals surface area contributed by atoms with Gasteiger partial charge in [-0.3, -0.25) is 25.0 Å². The molecule has 11 nitrogen and oxygen atoms in total. The van der Waals surface area contributed by atoms with Crippen molar-refractivity contribution in [3.63, 3.8) is 0 Å². The third-order valence-electron chi connectivity index (χ3n) is 5.07. The summed E-state index contributed by atoms with van der Waals surface area (Å²) in [6, 6.07) is 13.6. The topological polar surface area (TPSA) is 143 Å². The Morgan fingerprint density at radius 3 is 2.44 bits per heavy atom. The van der Waals surface area contributed by atoms with Gasteiger partial charge in [0.25, 0.3) is 11.2 Å². The first kappa shape index (κ1) is 25.1. The second-order valence-electron chi connectivity index (χ2n) is 7.50. The van der Waals surface area contributed by atoms with Gasteiger partial charge in [0.1, 0.15) is 12.4 Å². The van der Waals surface area contributed by atoms with E-state index in [1.165, 1.54) is 36.5 Å². The van der Waals surface area contributed by atoms with Crippen molar-refractivity contribution < 1.29 is 14.6 Å². The molecule has 0 amide bonds. The second-order valence-corrected chi connectivity index (χ2v) is 9.27. The third-order valence-corrected chi connectivity index (χ3v) is 6.15. The number of halogens is 2. The zero-order chi connectivity index (χ0) is 26.0. The minimum Gasteiger partial charge on any atom is -0.481 e. The molecule has 0 aliphatic heterocycles.